The van der Waals surface area contributed by atoms with E-state index in [1.807, 2.05) is 30.3 Å². The van der Waals surface area contributed by atoms with Crippen LogP contribution in [0, 0.1) is 0 Å². The molecule has 0 spiro atoms. The minimum absolute atomic E-state index is 0.118. The molecule has 0 aliphatic carbocycles. The largest absolute Gasteiger partial charge is 0.427 e. The first-order valence-electron chi connectivity index (χ1n) is 10.6. The number of anilines is 2. The quantitative estimate of drug-likeness (QED) is 0.279. The van der Waals surface area contributed by atoms with Gasteiger partial charge < -0.3 is 20.1 Å². The molecule has 3 rings (SSSR count). The molecule has 0 radical (unpaired) electrons. The average Bonchev–Trinajstić information content (AvgIpc) is 2.81. The van der Waals surface area contributed by atoms with E-state index in [0.717, 1.165) is 5.56 Å². The Labute approximate surface area is 195 Å². The molecule has 34 heavy (non-hydrogen) atoms. The molecule has 0 fully saturated rings. The van der Waals surface area contributed by atoms with Crippen LogP contribution in [-0.2, 0) is 16.1 Å². The number of nitrogens with two attached hydrogens (primary N) is 1. The van der Waals surface area contributed by atoms with Crippen LogP contribution in [0.2, 0.25) is 0 Å². The smallest absolute Gasteiger partial charge is 0.330 e. The Morgan fingerprint density at radius 2 is 1.74 bits per heavy atom. The van der Waals surface area contributed by atoms with Gasteiger partial charge in [0, 0.05) is 32.7 Å². The Morgan fingerprint density at radius 1 is 1.06 bits per heavy atom. The van der Waals surface area contributed by atoms with Gasteiger partial charge in [-0.15, -0.1) is 0 Å². The van der Waals surface area contributed by atoms with Crippen LogP contribution < -0.4 is 26.6 Å². The number of nitrogens with one attached hydrogen (secondary N) is 1. The topological polar surface area (TPSA) is 137 Å². The predicted molar refractivity (Wildman–Crippen MR) is 127 cm³/mol. The summed E-state index contributed by atoms with van der Waals surface area (Å²) >= 11 is 0. The zero-order valence-corrected chi connectivity index (χ0v) is 18.9. The highest BCUT2D eigenvalue weighted by Crippen LogP contribution is 2.22. The van der Waals surface area contributed by atoms with E-state index >= 15 is 0 Å². The first-order chi connectivity index (χ1) is 16.3. The number of hydrogen-bond donors (Lipinski definition) is 2. The summed E-state index contributed by atoms with van der Waals surface area (Å²) in [6, 6.07) is 15.1. The van der Waals surface area contributed by atoms with Crippen LogP contribution in [0.1, 0.15) is 29.3 Å². The molecule has 10 heteroatoms. The summed E-state index contributed by atoms with van der Waals surface area (Å²) < 4.78 is 11.3. The normalized spacial score (nSPS) is 10.6. The highest BCUT2D eigenvalue weighted by Gasteiger charge is 2.25. The minimum atomic E-state index is -0.769. The maximum atomic E-state index is 13.4. The summed E-state index contributed by atoms with van der Waals surface area (Å²) in [5, 5.41) is 0. The number of carbonyl (C=O) groups is 2. The monoisotopic (exact) mass is 466 g/mol. The Kier molecular flexibility index (Phi) is 7.99. The van der Waals surface area contributed by atoms with Crippen molar-refractivity contribution in [3.05, 3.63) is 86.6 Å². The second kappa shape index (κ2) is 11.1. The van der Waals surface area contributed by atoms with Crippen LogP contribution in [0.15, 0.2) is 64.2 Å². The number of esters is 1. The third-order valence-corrected chi connectivity index (χ3v) is 5.01. The summed E-state index contributed by atoms with van der Waals surface area (Å²) in [6.07, 6.45) is 0.421. The van der Waals surface area contributed by atoms with Crippen molar-refractivity contribution < 1.29 is 19.1 Å². The van der Waals surface area contributed by atoms with E-state index in [-0.39, 0.29) is 35.9 Å². The van der Waals surface area contributed by atoms with E-state index in [0.29, 0.717) is 13.0 Å². The summed E-state index contributed by atoms with van der Waals surface area (Å²) in [5.74, 6) is -0.837. The predicted octanol–water partition coefficient (Wildman–Crippen LogP) is 1.78. The molecule has 0 aliphatic heterocycles. The van der Waals surface area contributed by atoms with Gasteiger partial charge in [0.25, 0.3) is 11.5 Å². The number of aromatic nitrogens is 2. The average molecular weight is 466 g/mol. The SMILES string of the molecule is COCCCN(C(=O)c1ccc(OC(C)=O)cc1)c1c(N)n(Cc2ccccc2)c(=O)[nH]c1=O. The summed E-state index contributed by atoms with van der Waals surface area (Å²) in [4.78, 5) is 53.4. The number of H-pyrrole nitrogens is 1. The van der Waals surface area contributed by atoms with Crippen molar-refractivity contribution in [1.82, 2.24) is 9.55 Å². The second-order valence-electron chi connectivity index (χ2n) is 7.49. The van der Waals surface area contributed by atoms with Gasteiger partial charge in [0.2, 0.25) is 0 Å². The number of nitrogen functional groups attached to an aromatic ring is 1. The molecule has 0 aliphatic rings. The third kappa shape index (κ3) is 5.78. The Balaban J connectivity index is 2.03. The van der Waals surface area contributed by atoms with E-state index in [1.54, 1.807) is 0 Å². The second-order valence-corrected chi connectivity index (χ2v) is 7.49. The molecule has 1 aromatic heterocycles. The first-order valence-corrected chi connectivity index (χ1v) is 10.6. The van der Waals surface area contributed by atoms with Crippen molar-refractivity contribution in [1.29, 1.82) is 0 Å². The van der Waals surface area contributed by atoms with E-state index < -0.39 is 23.1 Å². The van der Waals surface area contributed by atoms with E-state index in [1.165, 1.54) is 47.8 Å². The molecule has 3 N–H and O–H groups in total. The van der Waals surface area contributed by atoms with Crippen LogP contribution in [0.3, 0.4) is 0 Å². The molecular formula is C24H26N4O6. The highest BCUT2D eigenvalue weighted by molar-refractivity contribution is 6.07. The lowest BCUT2D eigenvalue weighted by Crippen LogP contribution is -2.42. The zero-order valence-electron chi connectivity index (χ0n) is 18.9. The number of hydrogen-bond acceptors (Lipinski definition) is 7. The van der Waals surface area contributed by atoms with Gasteiger partial charge in [-0.25, -0.2) is 4.79 Å². The number of nitrogens with zero attached hydrogens (tertiary/aromatic N) is 2. The molecule has 0 unspecified atom stereocenters. The number of rotatable bonds is 9. The van der Waals surface area contributed by atoms with Crippen LogP contribution >= 0.6 is 0 Å². The number of benzene rings is 2. The van der Waals surface area contributed by atoms with Gasteiger partial charge in [-0.3, -0.25) is 23.9 Å². The Hall–Kier alpha value is -4.18. The van der Waals surface area contributed by atoms with Crippen LogP contribution in [0.25, 0.3) is 0 Å². The van der Waals surface area contributed by atoms with Crippen LogP contribution in [0.4, 0.5) is 11.5 Å². The van der Waals surface area contributed by atoms with Crippen molar-refractivity contribution in [2.45, 2.75) is 19.9 Å². The molecule has 1 amide bonds. The van der Waals surface area contributed by atoms with Crippen molar-refractivity contribution in [2.75, 3.05) is 30.9 Å². The molecule has 1 heterocycles. The molecule has 0 atom stereocenters. The molecule has 2 aromatic carbocycles. The lowest BCUT2D eigenvalue weighted by Gasteiger charge is -2.24. The first kappa shape index (κ1) is 24.5. The van der Waals surface area contributed by atoms with Gasteiger partial charge in [-0.1, -0.05) is 30.3 Å². The summed E-state index contributed by atoms with van der Waals surface area (Å²) in [5.41, 5.74) is 5.77. The van der Waals surface area contributed by atoms with Gasteiger partial charge in [-0.05, 0) is 36.2 Å². The molecular weight excluding hydrogens is 440 g/mol. The van der Waals surface area contributed by atoms with Crippen molar-refractivity contribution in [3.63, 3.8) is 0 Å². The molecule has 0 saturated heterocycles. The maximum absolute atomic E-state index is 13.4. The fourth-order valence-corrected chi connectivity index (χ4v) is 3.43. The molecule has 0 saturated carbocycles. The van der Waals surface area contributed by atoms with Gasteiger partial charge in [-0.2, -0.15) is 0 Å². The van der Waals surface area contributed by atoms with Crippen LogP contribution in [-0.4, -0.2) is 41.7 Å². The fourth-order valence-electron chi connectivity index (χ4n) is 3.43. The van der Waals surface area contributed by atoms with E-state index in [4.69, 9.17) is 15.2 Å². The molecule has 3 aromatic rings. The van der Waals surface area contributed by atoms with E-state index in [2.05, 4.69) is 4.98 Å². The third-order valence-electron chi connectivity index (χ3n) is 5.01. The van der Waals surface area contributed by atoms with Crippen molar-refractivity contribution in [2.24, 2.45) is 0 Å². The Morgan fingerprint density at radius 3 is 2.35 bits per heavy atom. The number of aromatic amines is 1. The highest BCUT2D eigenvalue weighted by atomic mass is 16.5. The van der Waals surface area contributed by atoms with Gasteiger partial charge in [0.15, 0.2) is 5.69 Å². The van der Waals surface area contributed by atoms with Gasteiger partial charge in [0.05, 0.1) is 6.54 Å². The Bertz CT molecular complexity index is 1270. The standard InChI is InChI=1S/C24H26N4O6/c1-16(29)34-19-11-9-18(10-12-19)23(31)27(13-6-14-33-2)20-21(25)28(24(32)26-22(20)30)15-17-7-4-3-5-8-17/h3-5,7-12H,6,13-15,25H2,1-2H3,(H,26,30,32). The molecule has 178 valence electrons. The van der Waals surface area contributed by atoms with Crippen LogP contribution in [0.5, 0.6) is 5.75 Å². The molecule has 10 nitrogen and oxygen atoms in total. The van der Waals surface area contributed by atoms with Gasteiger partial charge >= 0.3 is 11.7 Å². The summed E-state index contributed by atoms with van der Waals surface area (Å²) in [7, 11) is 1.53. The lowest BCUT2D eigenvalue weighted by molar-refractivity contribution is -0.131. The zero-order chi connectivity index (χ0) is 24.7. The van der Waals surface area contributed by atoms with Gasteiger partial charge in [0.1, 0.15) is 11.6 Å². The van der Waals surface area contributed by atoms with Crippen molar-refractivity contribution in [3.8, 4) is 5.75 Å². The number of carbonyl (C=O) groups excluding carboxylic acids is 2. The molecule has 0 bridgehead atoms. The minimum Gasteiger partial charge on any atom is -0.427 e. The van der Waals surface area contributed by atoms with E-state index in [9.17, 15) is 19.2 Å². The van der Waals surface area contributed by atoms with Crippen molar-refractivity contribution >= 4 is 23.4 Å². The number of ether oxygens (including phenoxy) is 2. The summed E-state index contributed by atoms with van der Waals surface area (Å²) in [6.45, 7) is 1.86. The maximum Gasteiger partial charge on any atom is 0.330 e. The fraction of sp³-hybridized carbons (Fsp3) is 0.250. The number of amides is 1. The lowest BCUT2D eigenvalue weighted by atomic mass is 10.1. The number of methoxy groups -OCH3 is 1.